The lowest BCUT2D eigenvalue weighted by molar-refractivity contribution is -0.139. The molecule has 0 aromatic carbocycles. The maximum atomic E-state index is 12.8. The molecule has 5 rings (SSSR count). The minimum absolute atomic E-state index is 0.333. The first-order chi connectivity index (χ1) is 9.74. The fraction of sp³-hybridized carbons (Fsp3) is 0.941. The van der Waals surface area contributed by atoms with Crippen LogP contribution in [-0.2, 0) is 4.79 Å². The van der Waals surface area contributed by atoms with E-state index in [2.05, 4.69) is 5.32 Å². The fourth-order valence-corrected chi connectivity index (χ4v) is 6.41. The van der Waals surface area contributed by atoms with Crippen LogP contribution in [-0.4, -0.2) is 17.8 Å². The molecule has 0 aromatic heterocycles. The van der Waals surface area contributed by atoms with Gasteiger partial charge in [0.15, 0.2) is 0 Å². The number of carbonyl (C=O) groups excluding carboxylic acids is 1. The summed E-state index contributed by atoms with van der Waals surface area (Å²) in [6, 6.07) is 0.359. The summed E-state index contributed by atoms with van der Waals surface area (Å²) in [6.07, 6.45) is 10.3. The number of nitrogens with one attached hydrogen (secondary N) is 1. The molecule has 0 heterocycles. The van der Waals surface area contributed by atoms with Crippen LogP contribution in [0.2, 0.25) is 0 Å². The van der Waals surface area contributed by atoms with E-state index in [1.165, 1.54) is 44.9 Å². The van der Waals surface area contributed by atoms with Crippen LogP contribution in [0, 0.1) is 35.5 Å². The maximum Gasteiger partial charge on any atom is 0.223 e. The number of halogens is 1. The molecule has 1 N–H and O–H groups in total. The van der Waals surface area contributed by atoms with Gasteiger partial charge in [0.1, 0.15) is 0 Å². The van der Waals surface area contributed by atoms with Crippen LogP contribution in [0.25, 0.3) is 0 Å². The zero-order chi connectivity index (χ0) is 13.7. The van der Waals surface area contributed by atoms with Crippen molar-refractivity contribution in [2.24, 2.45) is 35.5 Å². The Morgan fingerprint density at radius 1 is 1.00 bits per heavy atom. The lowest BCUT2D eigenvalue weighted by Gasteiger charge is -2.53. The van der Waals surface area contributed by atoms with Crippen molar-refractivity contribution in [1.29, 1.82) is 0 Å². The van der Waals surface area contributed by atoms with E-state index >= 15 is 0 Å². The molecule has 5 fully saturated rings. The Hall–Kier alpha value is -0.240. The molecule has 0 saturated heterocycles. The lowest BCUT2D eigenvalue weighted by Crippen LogP contribution is -2.53. The number of hydrogen-bond donors (Lipinski definition) is 1. The number of hydrogen-bond acceptors (Lipinski definition) is 1. The highest BCUT2D eigenvalue weighted by Crippen LogP contribution is 2.56. The first-order valence-electron chi connectivity index (χ1n) is 8.61. The van der Waals surface area contributed by atoms with Crippen molar-refractivity contribution >= 4 is 17.5 Å². The molecule has 4 bridgehead atoms. The summed E-state index contributed by atoms with van der Waals surface area (Å²) in [5.41, 5.74) is 0. The van der Waals surface area contributed by atoms with E-state index in [0.29, 0.717) is 41.5 Å². The Morgan fingerprint density at radius 2 is 1.65 bits per heavy atom. The minimum Gasteiger partial charge on any atom is -0.353 e. The van der Waals surface area contributed by atoms with Gasteiger partial charge in [0.2, 0.25) is 5.91 Å². The summed E-state index contributed by atoms with van der Waals surface area (Å²) < 4.78 is 0. The van der Waals surface area contributed by atoms with Gasteiger partial charge in [-0.3, -0.25) is 4.79 Å². The average Bonchev–Trinajstić information content (AvgIpc) is 2.84. The summed E-state index contributed by atoms with van der Waals surface area (Å²) in [7, 11) is 0. The quantitative estimate of drug-likeness (QED) is 0.792. The van der Waals surface area contributed by atoms with Crippen LogP contribution in [0.3, 0.4) is 0 Å². The van der Waals surface area contributed by atoms with E-state index in [0.717, 1.165) is 18.3 Å². The predicted molar refractivity (Wildman–Crippen MR) is 80.5 cm³/mol. The van der Waals surface area contributed by atoms with Crippen molar-refractivity contribution in [1.82, 2.24) is 5.32 Å². The Bertz CT molecular complexity index is 368. The monoisotopic (exact) mass is 295 g/mol. The molecule has 112 valence electrons. The van der Waals surface area contributed by atoms with Crippen molar-refractivity contribution in [2.75, 3.05) is 5.88 Å². The molecule has 0 aromatic rings. The van der Waals surface area contributed by atoms with Crippen LogP contribution < -0.4 is 5.32 Å². The second-order valence-corrected chi connectivity index (χ2v) is 8.23. The number of amides is 1. The molecular formula is C17H26ClNO. The van der Waals surface area contributed by atoms with Gasteiger partial charge >= 0.3 is 0 Å². The zero-order valence-corrected chi connectivity index (χ0v) is 12.9. The largest absolute Gasteiger partial charge is 0.353 e. The number of alkyl halides is 1. The molecule has 0 spiro atoms. The van der Waals surface area contributed by atoms with Crippen molar-refractivity contribution in [3.63, 3.8) is 0 Å². The molecule has 3 heteroatoms. The molecular weight excluding hydrogens is 270 g/mol. The summed E-state index contributed by atoms with van der Waals surface area (Å²) in [4.78, 5) is 12.8. The molecule has 0 aliphatic heterocycles. The van der Waals surface area contributed by atoms with Crippen molar-refractivity contribution in [3.8, 4) is 0 Å². The summed E-state index contributed by atoms with van der Waals surface area (Å²) in [5, 5.41) is 3.38. The highest BCUT2D eigenvalue weighted by molar-refractivity contribution is 6.18. The Balaban J connectivity index is 1.43. The summed E-state index contributed by atoms with van der Waals surface area (Å²) in [5.74, 6) is 5.21. The van der Waals surface area contributed by atoms with E-state index in [1.54, 1.807) is 0 Å². The maximum absolute atomic E-state index is 12.8. The first-order valence-corrected chi connectivity index (χ1v) is 9.14. The van der Waals surface area contributed by atoms with E-state index in [9.17, 15) is 4.79 Å². The Morgan fingerprint density at radius 3 is 2.25 bits per heavy atom. The van der Waals surface area contributed by atoms with E-state index in [4.69, 9.17) is 11.6 Å². The van der Waals surface area contributed by atoms with Gasteiger partial charge in [0, 0.05) is 17.8 Å². The van der Waals surface area contributed by atoms with Crippen molar-refractivity contribution < 1.29 is 4.79 Å². The molecule has 20 heavy (non-hydrogen) atoms. The summed E-state index contributed by atoms with van der Waals surface area (Å²) >= 11 is 6.04. The smallest absolute Gasteiger partial charge is 0.223 e. The molecule has 2 atom stereocenters. The first kappa shape index (κ1) is 13.4. The third kappa shape index (κ3) is 2.19. The minimum atomic E-state index is 0.333. The van der Waals surface area contributed by atoms with Gasteiger partial charge in [-0.15, -0.1) is 11.6 Å². The molecule has 5 aliphatic rings. The van der Waals surface area contributed by atoms with Gasteiger partial charge in [0.05, 0.1) is 0 Å². The Kier molecular flexibility index (Phi) is 3.48. The van der Waals surface area contributed by atoms with Crippen LogP contribution in [0.15, 0.2) is 0 Å². The van der Waals surface area contributed by atoms with E-state index in [1.807, 2.05) is 0 Å². The third-order valence-corrected chi connectivity index (χ3v) is 7.11. The van der Waals surface area contributed by atoms with Crippen molar-refractivity contribution in [3.05, 3.63) is 0 Å². The van der Waals surface area contributed by atoms with Crippen LogP contribution in [0.5, 0.6) is 0 Å². The molecule has 5 saturated carbocycles. The standard InChI is InChI=1S/C17H26ClNO/c18-9-12-2-1-3-15(12)19-17(20)16-13-5-10-4-11(7-13)8-14(16)6-10/h10-16H,1-9H2,(H,19,20). The third-order valence-electron chi connectivity index (χ3n) is 6.71. The molecule has 2 nitrogen and oxygen atoms in total. The number of rotatable bonds is 3. The molecule has 1 amide bonds. The molecule has 5 aliphatic carbocycles. The second-order valence-electron chi connectivity index (χ2n) is 7.92. The van der Waals surface area contributed by atoms with Gasteiger partial charge in [-0.1, -0.05) is 6.42 Å². The van der Waals surface area contributed by atoms with Gasteiger partial charge in [-0.25, -0.2) is 0 Å². The normalized spacial score (nSPS) is 49.5. The zero-order valence-electron chi connectivity index (χ0n) is 12.2. The average molecular weight is 296 g/mol. The van der Waals surface area contributed by atoms with Crippen LogP contribution in [0.4, 0.5) is 0 Å². The predicted octanol–water partition coefficient (Wildman–Crippen LogP) is 3.58. The molecule has 0 radical (unpaired) electrons. The summed E-state index contributed by atoms with van der Waals surface area (Å²) in [6.45, 7) is 0. The topological polar surface area (TPSA) is 29.1 Å². The Labute approximate surface area is 127 Å². The number of carbonyl (C=O) groups is 1. The lowest BCUT2D eigenvalue weighted by atomic mass is 9.51. The van der Waals surface area contributed by atoms with Gasteiger partial charge < -0.3 is 5.32 Å². The van der Waals surface area contributed by atoms with Gasteiger partial charge in [-0.2, -0.15) is 0 Å². The van der Waals surface area contributed by atoms with Crippen LogP contribution >= 0.6 is 11.6 Å². The van der Waals surface area contributed by atoms with E-state index < -0.39 is 0 Å². The van der Waals surface area contributed by atoms with Crippen LogP contribution in [0.1, 0.15) is 51.4 Å². The fourth-order valence-electron chi connectivity index (χ4n) is 6.04. The highest BCUT2D eigenvalue weighted by Gasteiger charge is 2.51. The van der Waals surface area contributed by atoms with Gasteiger partial charge in [-0.05, 0) is 74.5 Å². The van der Waals surface area contributed by atoms with Crippen molar-refractivity contribution in [2.45, 2.75) is 57.4 Å². The van der Waals surface area contributed by atoms with Gasteiger partial charge in [0.25, 0.3) is 0 Å². The SMILES string of the molecule is O=C(NC1CCCC1CCl)C1C2CC3CC(C2)CC1C3. The second kappa shape index (κ2) is 5.19. The van der Waals surface area contributed by atoms with E-state index in [-0.39, 0.29) is 0 Å². The highest BCUT2D eigenvalue weighted by atomic mass is 35.5. The molecule has 2 unspecified atom stereocenters.